The predicted molar refractivity (Wildman–Crippen MR) is 127 cm³/mol. The van der Waals surface area contributed by atoms with E-state index in [0.717, 1.165) is 22.2 Å². The van der Waals surface area contributed by atoms with E-state index in [1.165, 1.54) is 18.2 Å². The normalized spacial score (nSPS) is 14.7. The summed E-state index contributed by atoms with van der Waals surface area (Å²) in [7, 11) is 0. The number of thioether (sulfide) groups is 1. The highest BCUT2D eigenvalue weighted by Gasteiger charge is 2.36. The molecule has 0 unspecified atom stereocenters. The van der Waals surface area contributed by atoms with Crippen LogP contribution in [0.2, 0.25) is 5.02 Å². The van der Waals surface area contributed by atoms with Gasteiger partial charge in [-0.3, -0.25) is 24.6 Å². The summed E-state index contributed by atoms with van der Waals surface area (Å²) in [6.07, 6.45) is 1.60. The molecular formula is C24H17ClN2O5S. The number of ether oxygens (including phenoxy) is 1. The van der Waals surface area contributed by atoms with Gasteiger partial charge >= 0.3 is 0 Å². The van der Waals surface area contributed by atoms with Crippen LogP contribution in [0.15, 0.2) is 77.7 Å². The van der Waals surface area contributed by atoms with E-state index in [1.807, 2.05) is 18.2 Å². The van der Waals surface area contributed by atoms with Crippen LogP contribution in [-0.2, 0) is 17.9 Å². The Hall–Kier alpha value is -3.62. The zero-order chi connectivity index (χ0) is 23.4. The van der Waals surface area contributed by atoms with Gasteiger partial charge < -0.3 is 4.74 Å². The van der Waals surface area contributed by atoms with Crippen molar-refractivity contribution in [3.63, 3.8) is 0 Å². The smallest absolute Gasteiger partial charge is 0.293 e. The lowest BCUT2D eigenvalue weighted by atomic mass is 10.1. The average Bonchev–Trinajstić information content (AvgIpc) is 3.07. The zero-order valence-electron chi connectivity index (χ0n) is 17.1. The Kier molecular flexibility index (Phi) is 6.76. The molecule has 1 aliphatic heterocycles. The van der Waals surface area contributed by atoms with Crippen molar-refractivity contribution in [1.82, 2.24) is 4.90 Å². The number of amides is 2. The van der Waals surface area contributed by atoms with Crippen molar-refractivity contribution in [3.05, 3.63) is 110 Å². The highest BCUT2D eigenvalue weighted by Crippen LogP contribution is 2.36. The Morgan fingerprint density at radius 2 is 1.70 bits per heavy atom. The molecule has 9 heteroatoms. The van der Waals surface area contributed by atoms with E-state index in [4.69, 9.17) is 16.3 Å². The molecule has 3 aromatic rings. The van der Waals surface area contributed by atoms with Crippen LogP contribution >= 0.6 is 23.4 Å². The second-order valence-corrected chi connectivity index (χ2v) is 8.54. The number of nitrogens with zero attached hydrogens (tertiary/aromatic N) is 2. The van der Waals surface area contributed by atoms with Gasteiger partial charge in [-0.05, 0) is 41.6 Å². The van der Waals surface area contributed by atoms with Crippen LogP contribution in [0.1, 0.15) is 16.7 Å². The summed E-state index contributed by atoms with van der Waals surface area (Å²) in [5.74, 6) is 0.0496. The summed E-state index contributed by atoms with van der Waals surface area (Å²) in [5, 5.41) is 11.4. The van der Waals surface area contributed by atoms with Crippen molar-refractivity contribution in [2.24, 2.45) is 0 Å². The first-order chi connectivity index (χ1) is 15.9. The van der Waals surface area contributed by atoms with Crippen LogP contribution in [0, 0.1) is 10.1 Å². The van der Waals surface area contributed by atoms with Crippen LogP contribution in [0.5, 0.6) is 5.75 Å². The molecule has 0 aromatic heterocycles. The van der Waals surface area contributed by atoms with E-state index >= 15 is 0 Å². The minimum atomic E-state index is -0.529. The second-order valence-electron chi connectivity index (χ2n) is 7.11. The fraction of sp³-hybridized carbons (Fsp3) is 0.0833. The van der Waals surface area contributed by atoms with Gasteiger partial charge in [0.1, 0.15) is 12.4 Å². The number of imide groups is 1. The predicted octanol–water partition coefficient (Wildman–Crippen LogP) is 6.06. The number of carbonyl (C=O) groups excluding carboxylic acids is 2. The Bertz CT molecular complexity index is 1260. The van der Waals surface area contributed by atoms with Gasteiger partial charge in [-0.1, -0.05) is 60.1 Å². The first-order valence-electron chi connectivity index (χ1n) is 9.86. The monoisotopic (exact) mass is 480 g/mol. The fourth-order valence-electron chi connectivity index (χ4n) is 3.24. The van der Waals surface area contributed by atoms with Crippen LogP contribution in [0.3, 0.4) is 0 Å². The maximum absolute atomic E-state index is 12.9. The van der Waals surface area contributed by atoms with Crippen molar-refractivity contribution in [2.75, 3.05) is 0 Å². The van der Waals surface area contributed by atoms with Gasteiger partial charge in [0, 0.05) is 22.2 Å². The molecule has 1 aliphatic rings. The van der Waals surface area contributed by atoms with E-state index in [0.29, 0.717) is 22.9 Å². The quantitative estimate of drug-likeness (QED) is 0.232. The number of para-hydroxylation sites is 2. The van der Waals surface area contributed by atoms with Gasteiger partial charge in [-0.15, -0.1) is 0 Å². The number of carbonyl (C=O) groups is 2. The Labute approximate surface area is 198 Å². The maximum atomic E-state index is 12.9. The Morgan fingerprint density at radius 3 is 2.45 bits per heavy atom. The lowest BCUT2D eigenvalue weighted by Crippen LogP contribution is -2.27. The molecule has 0 bridgehead atoms. The highest BCUT2D eigenvalue weighted by atomic mass is 35.5. The largest absolute Gasteiger partial charge is 0.488 e. The van der Waals surface area contributed by atoms with E-state index in [-0.39, 0.29) is 22.7 Å². The van der Waals surface area contributed by atoms with Gasteiger partial charge in [-0.2, -0.15) is 0 Å². The molecule has 0 N–H and O–H groups in total. The van der Waals surface area contributed by atoms with Gasteiger partial charge in [0.15, 0.2) is 0 Å². The second kappa shape index (κ2) is 9.89. The summed E-state index contributed by atoms with van der Waals surface area (Å²) >= 11 is 6.71. The lowest BCUT2D eigenvalue weighted by molar-refractivity contribution is -0.385. The third kappa shape index (κ3) is 5.24. The SMILES string of the molecule is O=C1S/C(=C/c2ccccc2OCc2ccc(Cl)cc2)C(=O)N1Cc1ccccc1[N+](=O)[O-]. The minimum Gasteiger partial charge on any atom is -0.488 e. The minimum absolute atomic E-state index is 0.138. The Balaban J connectivity index is 1.53. The summed E-state index contributed by atoms with van der Waals surface area (Å²) < 4.78 is 5.92. The summed E-state index contributed by atoms with van der Waals surface area (Å²) in [6.45, 7) is 0.134. The Morgan fingerprint density at radius 1 is 1.00 bits per heavy atom. The van der Waals surface area contributed by atoms with Crippen molar-refractivity contribution < 1.29 is 19.2 Å². The lowest BCUT2D eigenvalue weighted by Gasteiger charge is -2.12. The first-order valence-corrected chi connectivity index (χ1v) is 11.1. The summed E-state index contributed by atoms with van der Waals surface area (Å²) in [6, 6.07) is 20.5. The van der Waals surface area contributed by atoms with Crippen molar-refractivity contribution in [1.29, 1.82) is 0 Å². The molecule has 0 atom stereocenters. The van der Waals surface area contributed by atoms with E-state index in [2.05, 4.69) is 0 Å². The third-order valence-corrected chi connectivity index (χ3v) is 6.06. The summed E-state index contributed by atoms with van der Waals surface area (Å²) in [5.41, 5.74) is 1.72. The molecule has 0 aliphatic carbocycles. The topological polar surface area (TPSA) is 89.8 Å². The van der Waals surface area contributed by atoms with Crippen LogP contribution < -0.4 is 4.74 Å². The van der Waals surface area contributed by atoms with Gasteiger partial charge in [-0.25, -0.2) is 0 Å². The van der Waals surface area contributed by atoms with Crippen molar-refractivity contribution >= 4 is 46.3 Å². The van der Waals surface area contributed by atoms with E-state index in [1.54, 1.807) is 42.5 Å². The molecule has 1 fully saturated rings. The van der Waals surface area contributed by atoms with Gasteiger partial charge in [0.25, 0.3) is 16.8 Å². The number of rotatable bonds is 7. The van der Waals surface area contributed by atoms with Crippen molar-refractivity contribution in [3.8, 4) is 5.75 Å². The van der Waals surface area contributed by atoms with Crippen molar-refractivity contribution in [2.45, 2.75) is 13.2 Å². The van der Waals surface area contributed by atoms with Gasteiger partial charge in [0.2, 0.25) is 0 Å². The molecule has 0 spiro atoms. The molecule has 4 rings (SSSR count). The molecule has 166 valence electrons. The number of nitro groups is 1. The zero-order valence-corrected chi connectivity index (χ0v) is 18.7. The molecule has 0 radical (unpaired) electrons. The van der Waals surface area contributed by atoms with E-state index in [9.17, 15) is 19.7 Å². The standard InChI is InChI=1S/C24H17ClN2O5S/c25-19-11-9-16(10-12-19)15-32-21-8-4-2-5-17(21)13-22-23(28)26(24(29)33-22)14-18-6-1-3-7-20(18)27(30)31/h1-13H,14-15H2/b22-13+. The molecule has 3 aromatic carbocycles. The molecular weight excluding hydrogens is 464 g/mol. The van der Waals surface area contributed by atoms with Crippen LogP contribution in [0.25, 0.3) is 6.08 Å². The van der Waals surface area contributed by atoms with Gasteiger partial charge in [0.05, 0.1) is 16.4 Å². The third-order valence-electron chi connectivity index (χ3n) is 4.90. The number of benzene rings is 3. The molecule has 33 heavy (non-hydrogen) atoms. The molecule has 2 amide bonds. The fourth-order valence-corrected chi connectivity index (χ4v) is 4.20. The van der Waals surface area contributed by atoms with E-state index < -0.39 is 16.1 Å². The molecule has 7 nitrogen and oxygen atoms in total. The molecule has 1 saturated heterocycles. The van der Waals surface area contributed by atoms with Crippen LogP contribution in [0.4, 0.5) is 10.5 Å². The highest BCUT2D eigenvalue weighted by molar-refractivity contribution is 8.18. The first kappa shape index (κ1) is 22.6. The maximum Gasteiger partial charge on any atom is 0.293 e. The average molecular weight is 481 g/mol. The van der Waals surface area contributed by atoms with Crippen LogP contribution in [-0.4, -0.2) is 21.0 Å². The molecule has 0 saturated carbocycles. The number of halogens is 1. The summed E-state index contributed by atoms with van der Waals surface area (Å²) in [4.78, 5) is 37.4. The number of hydrogen-bond donors (Lipinski definition) is 0. The molecule has 1 heterocycles. The number of nitro benzene ring substituents is 1. The number of hydrogen-bond acceptors (Lipinski definition) is 6.